The summed E-state index contributed by atoms with van der Waals surface area (Å²) < 4.78 is 19.2. The molecule has 4 heteroatoms. The average molecular weight is 294 g/mol. The fraction of sp³-hybridized carbons (Fsp3) is 0.647. The van der Waals surface area contributed by atoms with Crippen molar-refractivity contribution < 1.29 is 9.13 Å². The normalized spacial score (nSPS) is 24.8. The number of piperazine rings is 1. The Hall–Kier alpha value is -1.13. The molecular formula is C17H27FN2O. The van der Waals surface area contributed by atoms with Crippen LogP contribution >= 0.6 is 0 Å². The van der Waals surface area contributed by atoms with E-state index in [1.807, 2.05) is 12.1 Å². The van der Waals surface area contributed by atoms with Crippen LogP contribution in [0.25, 0.3) is 0 Å². The molecule has 1 fully saturated rings. The Labute approximate surface area is 127 Å². The zero-order valence-electron chi connectivity index (χ0n) is 13.5. The molecule has 3 nitrogen and oxygen atoms in total. The molecule has 1 N–H and O–H groups in total. The summed E-state index contributed by atoms with van der Waals surface area (Å²) >= 11 is 0. The van der Waals surface area contributed by atoms with Gasteiger partial charge >= 0.3 is 0 Å². The fourth-order valence-electron chi connectivity index (χ4n) is 2.84. The molecule has 118 valence electrons. The molecule has 0 bridgehead atoms. The van der Waals surface area contributed by atoms with Crippen molar-refractivity contribution in [1.82, 2.24) is 10.2 Å². The minimum atomic E-state index is -0.180. The standard InChI is InChI=1S/C17H27FN2O/c1-5-12(2)17-11-20(13(3)9-19-17)10-14-6-7-15(21-4)8-16(14)18/h6-8,12-13,17,19H,5,9-11H2,1-4H3. The van der Waals surface area contributed by atoms with Crippen molar-refractivity contribution in [3.63, 3.8) is 0 Å². The third-order valence-corrected chi connectivity index (χ3v) is 4.69. The lowest BCUT2D eigenvalue weighted by atomic mass is 9.95. The maximum atomic E-state index is 14.1. The van der Waals surface area contributed by atoms with Gasteiger partial charge in [0.15, 0.2) is 0 Å². The largest absolute Gasteiger partial charge is 0.497 e. The molecule has 1 aromatic rings. The summed E-state index contributed by atoms with van der Waals surface area (Å²) in [5.41, 5.74) is 0.743. The molecule has 2 rings (SSSR count). The number of ether oxygens (including phenoxy) is 1. The summed E-state index contributed by atoms with van der Waals surface area (Å²) in [4.78, 5) is 2.37. The zero-order valence-corrected chi connectivity index (χ0v) is 13.5. The van der Waals surface area contributed by atoms with Crippen LogP contribution in [0.15, 0.2) is 18.2 Å². The van der Waals surface area contributed by atoms with E-state index in [4.69, 9.17) is 4.74 Å². The van der Waals surface area contributed by atoms with Gasteiger partial charge in [-0.15, -0.1) is 0 Å². The molecule has 1 aromatic carbocycles. The smallest absolute Gasteiger partial charge is 0.131 e. The highest BCUT2D eigenvalue weighted by atomic mass is 19.1. The van der Waals surface area contributed by atoms with E-state index in [2.05, 4.69) is 31.0 Å². The van der Waals surface area contributed by atoms with Crippen molar-refractivity contribution in [3.05, 3.63) is 29.6 Å². The Bertz CT molecular complexity index is 466. The van der Waals surface area contributed by atoms with E-state index < -0.39 is 0 Å². The molecule has 0 spiro atoms. The number of benzene rings is 1. The van der Waals surface area contributed by atoms with Gasteiger partial charge in [0.25, 0.3) is 0 Å². The Balaban J connectivity index is 2.06. The summed E-state index contributed by atoms with van der Waals surface area (Å²) in [6, 6.07) is 6.05. The molecule has 1 aliphatic heterocycles. The lowest BCUT2D eigenvalue weighted by Crippen LogP contribution is -2.57. The fourth-order valence-corrected chi connectivity index (χ4v) is 2.84. The van der Waals surface area contributed by atoms with E-state index in [0.29, 0.717) is 30.3 Å². The van der Waals surface area contributed by atoms with Crippen LogP contribution in [0, 0.1) is 11.7 Å². The van der Waals surface area contributed by atoms with E-state index in [0.717, 1.165) is 25.1 Å². The summed E-state index contributed by atoms with van der Waals surface area (Å²) in [7, 11) is 1.56. The molecular weight excluding hydrogens is 267 g/mol. The zero-order chi connectivity index (χ0) is 15.4. The third-order valence-electron chi connectivity index (χ3n) is 4.69. The molecule has 0 saturated carbocycles. The molecule has 0 aliphatic carbocycles. The predicted octanol–water partition coefficient (Wildman–Crippen LogP) is 3.04. The molecule has 0 aromatic heterocycles. The molecule has 21 heavy (non-hydrogen) atoms. The van der Waals surface area contributed by atoms with Crippen molar-refractivity contribution in [2.45, 2.75) is 45.8 Å². The Morgan fingerprint density at radius 1 is 1.48 bits per heavy atom. The molecule has 1 saturated heterocycles. The lowest BCUT2D eigenvalue weighted by molar-refractivity contribution is 0.110. The molecule has 3 atom stereocenters. The van der Waals surface area contributed by atoms with E-state index in [9.17, 15) is 4.39 Å². The van der Waals surface area contributed by atoms with E-state index >= 15 is 0 Å². The summed E-state index contributed by atoms with van der Waals surface area (Å²) in [6.45, 7) is 9.29. The second-order valence-electron chi connectivity index (χ2n) is 6.14. The highest BCUT2D eigenvalue weighted by Gasteiger charge is 2.28. The Morgan fingerprint density at radius 3 is 2.86 bits per heavy atom. The molecule has 3 unspecified atom stereocenters. The molecule has 0 radical (unpaired) electrons. The van der Waals surface area contributed by atoms with Gasteiger partial charge in [-0.05, 0) is 18.9 Å². The minimum Gasteiger partial charge on any atom is -0.497 e. The Morgan fingerprint density at radius 2 is 2.24 bits per heavy atom. The SMILES string of the molecule is CCC(C)C1CN(Cc2ccc(OC)cc2F)C(C)CN1. The highest BCUT2D eigenvalue weighted by molar-refractivity contribution is 5.29. The van der Waals surface area contributed by atoms with Gasteiger partial charge < -0.3 is 10.1 Å². The van der Waals surface area contributed by atoms with Crippen molar-refractivity contribution in [2.75, 3.05) is 20.2 Å². The van der Waals surface area contributed by atoms with Crippen LogP contribution in [0.5, 0.6) is 5.75 Å². The second kappa shape index (κ2) is 7.23. The van der Waals surface area contributed by atoms with Crippen molar-refractivity contribution in [1.29, 1.82) is 0 Å². The lowest BCUT2D eigenvalue weighted by Gasteiger charge is -2.41. The number of nitrogens with one attached hydrogen (secondary N) is 1. The van der Waals surface area contributed by atoms with E-state index in [1.54, 1.807) is 7.11 Å². The van der Waals surface area contributed by atoms with Crippen LogP contribution in [0.3, 0.4) is 0 Å². The quantitative estimate of drug-likeness (QED) is 0.903. The summed E-state index contributed by atoms with van der Waals surface area (Å²) in [5.74, 6) is 1.03. The van der Waals surface area contributed by atoms with Gasteiger partial charge in [-0.2, -0.15) is 0 Å². The van der Waals surface area contributed by atoms with Crippen molar-refractivity contribution in [2.24, 2.45) is 5.92 Å². The van der Waals surface area contributed by atoms with Gasteiger partial charge in [-0.25, -0.2) is 4.39 Å². The first-order valence-electron chi connectivity index (χ1n) is 7.85. The number of methoxy groups -OCH3 is 1. The minimum absolute atomic E-state index is 0.180. The number of halogens is 1. The van der Waals surface area contributed by atoms with Crippen molar-refractivity contribution >= 4 is 0 Å². The number of hydrogen-bond acceptors (Lipinski definition) is 3. The molecule has 1 heterocycles. The number of rotatable bonds is 5. The second-order valence-corrected chi connectivity index (χ2v) is 6.14. The maximum Gasteiger partial charge on any atom is 0.131 e. The first-order valence-corrected chi connectivity index (χ1v) is 7.85. The van der Waals surface area contributed by atoms with Crippen LogP contribution in [-0.4, -0.2) is 37.2 Å². The third kappa shape index (κ3) is 3.95. The topological polar surface area (TPSA) is 24.5 Å². The number of nitrogens with zero attached hydrogens (tertiary/aromatic N) is 1. The monoisotopic (exact) mass is 294 g/mol. The highest BCUT2D eigenvalue weighted by Crippen LogP contribution is 2.21. The van der Waals surface area contributed by atoms with E-state index in [-0.39, 0.29) is 5.82 Å². The van der Waals surface area contributed by atoms with Gasteiger partial charge in [0.05, 0.1) is 7.11 Å². The van der Waals surface area contributed by atoms with Crippen LogP contribution in [0.2, 0.25) is 0 Å². The van der Waals surface area contributed by atoms with Gasteiger partial charge in [-0.3, -0.25) is 4.90 Å². The predicted molar refractivity (Wildman–Crippen MR) is 84.1 cm³/mol. The van der Waals surface area contributed by atoms with Gasteiger partial charge in [0.2, 0.25) is 0 Å². The van der Waals surface area contributed by atoms with E-state index in [1.165, 1.54) is 6.07 Å². The summed E-state index contributed by atoms with van der Waals surface area (Å²) in [5, 5.41) is 3.61. The first-order chi connectivity index (χ1) is 10.0. The maximum absolute atomic E-state index is 14.1. The van der Waals surface area contributed by atoms with Crippen molar-refractivity contribution in [3.8, 4) is 5.75 Å². The van der Waals surface area contributed by atoms with Gasteiger partial charge in [0.1, 0.15) is 11.6 Å². The molecule has 0 amide bonds. The average Bonchev–Trinajstić information content (AvgIpc) is 2.50. The Kier molecular flexibility index (Phi) is 5.59. The van der Waals surface area contributed by atoms with Gasteiger partial charge in [0, 0.05) is 43.3 Å². The summed E-state index contributed by atoms with van der Waals surface area (Å²) in [6.07, 6.45) is 1.16. The van der Waals surface area contributed by atoms with Crippen LogP contribution in [0.4, 0.5) is 4.39 Å². The first kappa shape index (κ1) is 16.2. The van der Waals surface area contributed by atoms with Crippen LogP contribution in [0.1, 0.15) is 32.8 Å². The van der Waals surface area contributed by atoms with Gasteiger partial charge in [-0.1, -0.05) is 26.3 Å². The van der Waals surface area contributed by atoms with Crippen LogP contribution < -0.4 is 10.1 Å². The number of hydrogen-bond donors (Lipinski definition) is 1. The van der Waals surface area contributed by atoms with Crippen LogP contribution in [-0.2, 0) is 6.54 Å². The molecule has 1 aliphatic rings.